The van der Waals surface area contributed by atoms with E-state index >= 15 is 0 Å². The molecule has 1 aliphatic rings. The molecule has 28 heavy (non-hydrogen) atoms. The summed E-state index contributed by atoms with van der Waals surface area (Å²) in [6.07, 6.45) is 0.445. The second-order valence-electron chi connectivity index (χ2n) is 7.88. The molecule has 0 bridgehead atoms. The molecule has 1 amide bonds. The van der Waals surface area contributed by atoms with Crippen LogP contribution in [-0.2, 0) is 4.74 Å². The van der Waals surface area contributed by atoms with Crippen LogP contribution in [-0.4, -0.2) is 64.0 Å². The highest BCUT2D eigenvalue weighted by Gasteiger charge is 2.22. The molecule has 1 saturated heterocycles. The van der Waals surface area contributed by atoms with E-state index in [1.807, 2.05) is 25.1 Å². The number of benzene rings is 1. The maximum Gasteiger partial charge on any atom is 0.291 e. The molecule has 1 N–H and O–H groups in total. The summed E-state index contributed by atoms with van der Waals surface area (Å²) in [4.78, 5) is 19.2. The van der Waals surface area contributed by atoms with E-state index in [2.05, 4.69) is 54.1 Å². The fraction of sp³-hybridized carbons (Fsp3) is 0.571. The van der Waals surface area contributed by atoms with Crippen molar-refractivity contribution in [1.29, 1.82) is 0 Å². The number of rotatable bonds is 6. The molecule has 2 unspecified atom stereocenters. The highest BCUT2D eigenvalue weighted by molar-refractivity contribution is 5.90. The number of carbonyl (C=O) groups excluding carboxylic acids is 1. The molecule has 0 spiro atoms. The molecular weight excluding hydrogens is 354 g/mol. The summed E-state index contributed by atoms with van der Waals surface area (Å²) in [6, 6.07) is 8.10. The monoisotopic (exact) mass is 385 g/mol. The van der Waals surface area contributed by atoms with Crippen molar-refractivity contribution in [2.24, 2.45) is 0 Å². The van der Waals surface area contributed by atoms with Gasteiger partial charge in [0.15, 0.2) is 0 Å². The first-order valence-electron chi connectivity index (χ1n) is 10.0. The largest absolute Gasteiger partial charge is 0.373 e. The van der Waals surface area contributed by atoms with Gasteiger partial charge in [0.25, 0.3) is 5.91 Å². The van der Waals surface area contributed by atoms with Crippen molar-refractivity contribution in [3.63, 3.8) is 0 Å². The summed E-state index contributed by atoms with van der Waals surface area (Å²) in [6.45, 7) is 13.4. The van der Waals surface area contributed by atoms with Crippen molar-refractivity contribution in [2.75, 3.05) is 26.2 Å². The van der Waals surface area contributed by atoms with Crippen LogP contribution in [0.15, 0.2) is 24.3 Å². The van der Waals surface area contributed by atoms with E-state index in [0.29, 0.717) is 18.3 Å². The molecule has 2 aromatic rings. The lowest BCUT2D eigenvalue weighted by atomic mass is 10.0. The average Bonchev–Trinajstić information content (AvgIpc) is 3.02. The second-order valence-corrected chi connectivity index (χ2v) is 7.88. The molecular formula is C21H31N5O2. The number of nitrogens with zero attached hydrogens (tertiary/aromatic N) is 4. The molecule has 1 aromatic carbocycles. The smallest absolute Gasteiger partial charge is 0.291 e. The van der Waals surface area contributed by atoms with Gasteiger partial charge in [-0.3, -0.25) is 9.69 Å². The third-order valence-corrected chi connectivity index (χ3v) is 4.97. The Hall–Kier alpha value is -2.25. The van der Waals surface area contributed by atoms with Crippen LogP contribution in [0.1, 0.15) is 55.6 Å². The number of hydrogen-bond acceptors (Lipinski definition) is 5. The number of nitrogens with one attached hydrogen (secondary N) is 1. The van der Waals surface area contributed by atoms with Crippen molar-refractivity contribution in [2.45, 2.75) is 52.7 Å². The van der Waals surface area contributed by atoms with E-state index in [9.17, 15) is 4.79 Å². The van der Waals surface area contributed by atoms with Crippen molar-refractivity contribution in [3.05, 3.63) is 41.5 Å². The third kappa shape index (κ3) is 4.77. The number of hydrogen-bond donors (Lipinski definition) is 1. The minimum absolute atomic E-state index is 0.208. The lowest BCUT2D eigenvalue weighted by molar-refractivity contribution is -0.0672. The number of ether oxygens (including phenoxy) is 1. The van der Waals surface area contributed by atoms with Crippen molar-refractivity contribution >= 4 is 5.91 Å². The van der Waals surface area contributed by atoms with E-state index in [4.69, 9.17) is 4.74 Å². The normalized spacial score (nSPS) is 20.5. The molecule has 1 fully saturated rings. The fourth-order valence-electron chi connectivity index (χ4n) is 3.76. The van der Waals surface area contributed by atoms with E-state index in [1.165, 1.54) is 5.56 Å². The molecule has 2 heterocycles. The van der Waals surface area contributed by atoms with Gasteiger partial charge in [0, 0.05) is 26.2 Å². The Kier molecular flexibility index (Phi) is 6.46. The Morgan fingerprint density at radius 1 is 1.25 bits per heavy atom. The van der Waals surface area contributed by atoms with Gasteiger partial charge in [-0.15, -0.1) is 5.10 Å². The van der Waals surface area contributed by atoms with E-state index in [0.717, 1.165) is 25.3 Å². The number of carbonyl (C=O) groups is 1. The van der Waals surface area contributed by atoms with Gasteiger partial charge in [0.2, 0.25) is 5.82 Å². The van der Waals surface area contributed by atoms with Crippen LogP contribution in [0.3, 0.4) is 0 Å². The SMILES string of the molecule is Cc1nc(C(=O)NCCN2CC(C)OC(C)C2)nn1-c1ccccc1C(C)C. The number of para-hydroxylation sites is 1. The van der Waals surface area contributed by atoms with E-state index in [1.54, 1.807) is 4.68 Å². The van der Waals surface area contributed by atoms with Gasteiger partial charge in [-0.25, -0.2) is 9.67 Å². The zero-order valence-electron chi connectivity index (χ0n) is 17.5. The molecule has 1 aliphatic heterocycles. The van der Waals surface area contributed by atoms with Gasteiger partial charge in [-0.2, -0.15) is 0 Å². The number of aromatic nitrogens is 3. The molecule has 2 atom stereocenters. The van der Waals surface area contributed by atoms with Crippen LogP contribution >= 0.6 is 0 Å². The highest BCUT2D eigenvalue weighted by atomic mass is 16.5. The Labute approximate surface area is 167 Å². The molecule has 0 aliphatic carbocycles. The van der Waals surface area contributed by atoms with Gasteiger partial charge >= 0.3 is 0 Å². The first-order chi connectivity index (χ1) is 13.3. The maximum absolute atomic E-state index is 12.5. The lowest BCUT2D eigenvalue weighted by Crippen LogP contribution is -2.47. The minimum Gasteiger partial charge on any atom is -0.373 e. The first kappa shape index (κ1) is 20.5. The Morgan fingerprint density at radius 3 is 2.61 bits per heavy atom. The molecule has 152 valence electrons. The predicted octanol–water partition coefficient (Wildman–Crippen LogP) is 2.54. The van der Waals surface area contributed by atoms with Gasteiger partial charge in [0.05, 0.1) is 17.9 Å². The zero-order valence-corrected chi connectivity index (χ0v) is 17.5. The van der Waals surface area contributed by atoms with Crippen molar-refractivity contribution < 1.29 is 9.53 Å². The molecule has 3 rings (SSSR count). The summed E-state index contributed by atoms with van der Waals surface area (Å²) in [5.74, 6) is 1.03. The van der Waals surface area contributed by atoms with E-state index < -0.39 is 0 Å². The summed E-state index contributed by atoms with van der Waals surface area (Å²) in [7, 11) is 0. The quantitative estimate of drug-likeness (QED) is 0.827. The van der Waals surface area contributed by atoms with Crippen molar-refractivity contribution in [1.82, 2.24) is 25.0 Å². The molecule has 7 heteroatoms. The molecule has 0 saturated carbocycles. The van der Waals surface area contributed by atoms with Crippen LogP contribution < -0.4 is 5.32 Å². The molecule has 7 nitrogen and oxygen atoms in total. The van der Waals surface area contributed by atoms with Gasteiger partial charge in [-0.1, -0.05) is 32.0 Å². The van der Waals surface area contributed by atoms with Crippen LogP contribution in [0.4, 0.5) is 0 Å². The van der Waals surface area contributed by atoms with Crippen LogP contribution in [0.2, 0.25) is 0 Å². The van der Waals surface area contributed by atoms with Crippen LogP contribution in [0.5, 0.6) is 0 Å². The zero-order chi connectivity index (χ0) is 20.3. The van der Waals surface area contributed by atoms with Gasteiger partial charge in [0.1, 0.15) is 5.82 Å². The summed E-state index contributed by atoms with van der Waals surface area (Å²) in [5.41, 5.74) is 2.15. The Balaban J connectivity index is 1.64. The summed E-state index contributed by atoms with van der Waals surface area (Å²) in [5, 5.41) is 7.42. The average molecular weight is 386 g/mol. The van der Waals surface area contributed by atoms with Crippen LogP contribution in [0, 0.1) is 6.92 Å². The third-order valence-electron chi connectivity index (χ3n) is 4.97. The van der Waals surface area contributed by atoms with Gasteiger partial charge < -0.3 is 10.1 Å². The highest BCUT2D eigenvalue weighted by Crippen LogP contribution is 2.23. The van der Waals surface area contributed by atoms with Gasteiger partial charge in [-0.05, 0) is 38.3 Å². The van der Waals surface area contributed by atoms with Crippen molar-refractivity contribution in [3.8, 4) is 5.69 Å². The summed E-state index contributed by atoms with van der Waals surface area (Å²) < 4.78 is 7.51. The minimum atomic E-state index is -0.238. The Bertz CT molecular complexity index is 807. The number of aryl methyl sites for hydroxylation is 1. The summed E-state index contributed by atoms with van der Waals surface area (Å²) >= 11 is 0. The Morgan fingerprint density at radius 2 is 1.93 bits per heavy atom. The second kappa shape index (κ2) is 8.84. The maximum atomic E-state index is 12.5. The van der Waals surface area contributed by atoms with E-state index in [-0.39, 0.29) is 23.9 Å². The van der Waals surface area contributed by atoms with Crippen LogP contribution in [0.25, 0.3) is 5.69 Å². The first-order valence-corrected chi connectivity index (χ1v) is 10.0. The molecule has 1 aromatic heterocycles. The fourth-order valence-corrected chi connectivity index (χ4v) is 3.76. The number of morpholine rings is 1. The number of amides is 1. The molecule has 0 radical (unpaired) electrons. The predicted molar refractivity (Wildman–Crippen MR) is 109 cm³/mol. The standard InChI is InChI=1S/C21H31N5O2/c1-14(2)18-8-6-7-9-19(18)26-17(5)23-20(24-26)21(27)22-10-11-25-12-15(3)28-16(4)13-25/h6-9,14-16H,10-13H2,1-5H3,(H,22,27). The topological polar surface area (TPSA) is 72.3 Å². The lowest BCUT2D eigenvalue weighted by Gasteiger charge is -2.35.